The third-order valence-electron chi connectivity index (χ3n) is 1.99. The van der Waals surface area contributed by atoms with Gasteiger partial charge < -0.3 is 4.90 Å². The van der Waals surface area contributed by atoms with E-state index in [1.54, 1.807) is 0 Å². The van der Waals surface area contributed by atoms with Crippen LogP contribution in [0.5, 0.6) is 0 Å². The van der Waals surface area contributed by atoms with Crippen LogP contribution < -0.4 is 5.32 Å². The lowest BCUT2D eigenvalue weighted by molar-refractivity contribution is -0.145. The van der Waals surface area contributed by atoms with Crippen molar-refractivity contribution in [2.24, 2.45) is 0 Å². The van der Waals surface area contributed by atoms with Crippen LogP contribution in [0, 0.1) is 0 Å². The van der Waals surface area contributed by atoms with Crippen molar-refractivity contribution in [3.05, 3.63) is 0 Å². The molecule has 7 nitrogen and oxygen atoms in total. The van der Waals surface area contributed by atoms with Gasteiger partial charge in [-0.05, 0) is 0 Å². The van der Waals surface area contributed by atoms with Gasteiger partial charge in [-0.15, -0.1) is 0 Å². The lowest BCUT2D eigenvalue weighted by Crippen LogP contribution is -2.53. The number of hydrogen-bond donors (Lipinski definition) is 1. The molecule has 1 rings (SSSR count). The Morgan fingerprint density at radius 2 is 1.81 bits per heavy atom. The van der Waals surface area contributed by atoms with Gasteiger partial charge >= 0.3 is 0 Å². The Morgan fingerprint density at radius 3 is 2.25 bits per heavy atom. The first-order valence-electron chi connectivity index (χ1n) is 4.56. The molecule has 0 aliphatic carbocycles. The molecule has 3 amide bonds. The summed E-state index contributed by atoms with van der Waals surface area (Å²) in [7, 11) is -3.22. The van der Waals surface area contributed by atoms with Gasteiger partial charge in [0.2, 0.25) is 17.7 Å². The van der Waals surface area contributed by atoms with Gasteiger partial charge in [0.15, 0.2) is 0 Å². The summed E-state index contributed by atoms with van der Waals surface area (Å²) < 4.78 is 21.7. The summed E-state index contributed by atoms with van der Waals surface area (Å²) in [6.45, 7) is -0.400. The molecular formula is C8H12N2O5S. The monoisotopic (exact) mass is 248 g/mol. The van der Waals surface area contributed by atoms with Gasteiger partial charge in [0, 0.05) is 12.7 Å². The van der Waals surface area contributed by atoms with Crippen LogP contribution in [0.2, 0.25) is 0 Å². The number of sulfone groups is 1. The Kier molecular flexibility index (Phi) is 3.63. The number of nitrogens with zero attached hydrogens (tertiary/aromatic N) is 1. The summed E-state index contributed by atoms with van der Waals surface area (Å²) in [5.41, 5.74) is 0. The fourth-order valence-corrected chi connectivity index (χ4v) is 1.79. The Morgan fingerprint density at radius 1 is 1.31 bits per heavy atom. The molecule has 1 aliphatic heterocycles. The second-order valence-corrected chi connectivity index (χ2v) is 5.86. The molecule has 0 atom stereocenters. The zero-order chi connectivity index (χ0) is 12.3. The van der Waals surface area contributed by atoms with Crippen LogP contribution in [0.1, 0.15) is 6.42 Å². The van der Waals surface area contributed by atoms with Gasteiger partial charge in [0.05, 0.1) is 5.75 Å². The van der Waals surface area contributed by atoms with E-state index in [0.29, 0.717) is 0 Å². The van der Waals surface area contributed by atoms with Crippen molar-refractivity contribution in [2.75, 3.05) is 25.1 Å². The number of hydrogen-bond acceptors (Lipinski definition) is 5. The highest BCUT2D eigenvalue weighted by molar-refractivity contribution is 7.90. The van der Waals surface area contributed by atoms with E-state index in [9.17, 15) is 22.8 Å². The maximum atomic E-state index is 11.5. The first-order valence-corrected chi connectivity index (χ1v) is 6.62. The summed E-state index contributed by atoms with van der Waals surface area (Å²) in [5.74, 6) is -1.89. The zero-order valence-corrected chi connectivity index (χ0v) is 9.54. The summed E-state index contributed by atoms with van der Waals surface area (Å²) in [6.07, 6.45) is 0.813. The summed E-state index contributed by atoms with van der Waals surface area (Å²) in [5, 5.41) is 2.05. The predicted molar refractivity (Wildman–Crippen MR) is 54.1 cm³/mol. The van der Waals surface area contributed by atoms with Gasteiger partial charge in [0.25, 0.3) is 0 Å². The van der Waals surface area contributed by atoms with Crippen LogP contribution in [0.15, 0.2) is 0 Å². The van der Waals surface area contributed by atoms with E-state index in [2.05, 4.69) is 0 Å². The number of carbonyl (C=O) groups is 3. The minimum Gasteiger partial charge on any atom is -0.324 e. The normalized spacial score (nSPS) is 17.2. The van der Waals surface area contributed by atoms with Gasteiger partial charge in [0.1, 0.15) is 22.9 Å². The molecular weight excluding hydrogens is 236 g/mol. The summed E-state index contributed by atoms with van der Waals surface area (Å²) in [6, 6.07) is 0. The van der Waals surface area contributed by atoms with Crippen LogP contribution in [-0.2, 0) is 24.2 Å². The molecule has 1 aliphatic rings. The molecule has 1 N–H and O–H groups in total. The quantitative estimate of drug-likeness (QED) is 0.577. The molecule has 0 unspecified atom stereocenters. The van der Waals surface area contributed by atoms with E-state index in [-0.39, 0.29) is 25.3 Å². The first-order chi connectivity index (χ1) is 7.28. The third kappa shape index (κ3) is 3.97. The van der Waals surface area contributed by atoms with Gasteiger partial charge in [-0.25, -0.2) is 8.42 Å². The molecule has 90 valence electrons. The number of amides is 3. The van der Waals surface area contributed by atoms with E-state index in [0.717, 1.165) is 11.2 Å². The number of nitrogens with one attached hydrogen (secondary N) is 1. The number of piperazine rings is 1. The molecule has 1 saturated heterocycles. The maximum absolute atomic E-state index is 11.5. The molecule has 16 heavy (non-hydrogen) atoms. The van der Waals surface area contributed by atoms with Gasteiger partial charge in [-0.2, -0.15) is 0 Å². The summed E-state index contributed by atoms with van der Waals surface area (Å²) in [4.78, 5) is 34.4. The van der Waals surface area contributed by atoms with Crippen molar-refractivity contribution >= 4 is 27.6 Å². The predicted octanol–water partition coefficient (Wildman–Crippen LogP) is -2.09. The number of imide groups is 1. The molecule has 1 heterocycles. The number of rotatable bonds is 3. The highest BCUT2D eigenvalue weighted by Gasteiger charge is 2.26. The standard InChI is InChI=1S/C8H12N2O5S/c1-16(14,15)3-2-8(13)10-4-6(11)9-7(12)5-10/h2-5H2,1H3,(H,9,11,12). The Balaban J connectivity index is 2.54. The lowest BCUT2D eigenvalue weighted by atomic mass is 10.3. The molecule has 0 aromatic heterocycles. The van der Waals surface area contributed by atoms with Crippen molar-refractivity contribution in [1.82, 2.24) is 10.2 Å². The molecule has 0 spiro atoms. The average molecular weight is 248 g/mol. The van der Waals surface area contributed by atoms with Crippen LogP contribution >= 0.6 is 0 Å². The van der Waals surface area contributed by atoms with Crippen LogP contribution in [-0.4, -0.2) is 56.1 Å². The maximum Gasteiger partial charge on any atom is 0.246 e. The van der Waals surface area contributed by atoms with Crippen molar-refractivity contribution < 1.29 is 22.8 Å². The first kappa shape index (κ1) is 12.6. The molecule has 1 fully saturated rings. The van der Waals surface area contributed by atoms with Crippen molar-refractivity contribution in [3.63, 3.8) is 0 Å². The second-order valence-electron chi connectivity index (χ2n) is 3.60. The molecule has 0 bridgehead atoms. The van der Waals surface area contributed by atoms with Crippen LogP contribution in [0.4, 0.5) is 0 Å². The largest absolute Gasteiger partial charge is 0.324 e. The summed E-state index contributed by atoms with van der Waals surface area (Å²) >= 11 is 0. The molecule has 0 radical (unpaired) electrons. The third-order valence-corrected chi connectivity index (χ3v) is 2.93. The minimum absolute atomic E-state index is 0.200. The minimum atomic E-state index is -3.22. The Hall–Kier alpha value is -1.44. The average Bonchev–Trinajstić information content (AvgIpc) is 2.11. The Bertz CT molecular complexity index is 412. The van der Waals surface area contributed by atoms with Crippen molar-refractivity contribution in [1.29, 1.82) is 0 Å². The highest BCUT2D eigenvalue weighted by atomic mass is 32.2. The smallest absolute Gasteiger partial charge is 0.246 e. The van der Waals surface area contributed by atoms with Crippen LogP contribution in [0.3, 0.4) is 0 Å². The van der Waals surface area contributed by atoms with E-state index < -0.39 is 27.6 Å². The lowest BCUT2D eigenvalue weighted by Gasteiger charge is -2.25. The topological polar surface area (TPSA) is 101 Å². The molecule has 0 saturated carbocycles. The highest BCUT2D eigenvalue weighted by Crippen LogP contribution is 2.00. The fourth-order valence-electron chi connectivity index (χ4n) is 1.24. The fraction of sp³-hybridized carbons (Fsp3) is 0.625. The second kappa shape index (κ2) is 4.60. The SMILES string of the molecule is CS(=O)(=O)CCC(=O)N1CC(=O)NC(=O)C1. The van der Waals surface area contributed by atoms with Gasteiger partial charge in [-0.1, -0.05) is 0 Å². The van der Waals surface area contributed by atoms with E-state index >= 15 is 0 Å². The van der Waals surface area contributed by atoms with Crippen molar-refractivity contribution in [2.45, 2.75) is 6.42 Å². The molecule has 0 aromatic carbocycles. The number of carbonyl (C=O) groups excluding carboxylic acids is 3. The van der Waals surface area contributed by atoms with Crippen molar-refractivity contribution in [3.8, 4) is 0 Å². The van der Waals surface area contributed by atoms with Gasteiger partial charge in [-0.3, -0.25) is 19.7 Å². The van der Waals surface area contributed by atoms with E-state index in [4.69, 9.17) is 0 Å². The van der Waals surface area contributed by atoms with E-state index in [1.807, 2.05) is 5.32 Å². The molecule has 0 aromatic rings. The van der Waals surface area contributed by atoms with E-state index in [1.165, 1.54) is 0 Å². The molecule has 8 heteroatoms. The Labute approximate surface area is 92.7 Å². The zero-order valence-electron chi connectivity index (χ0n) is 8.73. The van der Waals surface area contributed by atoms with Crippen LogP contribution in [0.25, 0.3) is 0 Å².